The zero-order valence-corrected chi connectivity index (χ0v) is 17.1. The molecule has 132 valence electrons. The quantitative estimate of drug-likeness (QED) is 0.355. The van der Waals surface area contributed by atoms with E-state index in [-0.39, 0.29) is 23.8 Å². The zero-order valence-electron chi connectivity index (χ0n) is 14.2. The number of ether oxygens (including phenoxy) is 2. The Morgan fingerprint density at radius 1 is 1.44 bits per heavy atom. The highest BCUT2D eigenvalue weighted by Gasteiger charge is 2.34. The van der Waals surface area contributed by atoms with Crippen molar-refractivity contribution in [2.24, 2.45) is 0 Å². The lowest BCUT2D eigenvalue weighted by atomic mass is 10.1. The molecule has 1 atom stereocenters. The van der Waals surface area contributed by atoms with E-state index in [0.717, 1.165) is 32.2 Å². The van der Waals surface area contributed by atoms with Crippen molar-refractivity contribution in [3.05, 3.63) is 26.2 Å². The van der Waals surface area contributed by atoms with Crippen LogP contribution in [0.25, 0.3) is 6.08 Å². The molecule has 0 bridgehead atoms. The van der Waals surface area contributed by atoms with E-state index < -0.39 is 0 Å². The summed E-state index contributed by atoms with van der Waals surface area (Å²) in [6.07, 6.45) is 7.81. The van der Waals surface area contributed by atoms with Gasteiger partial charge in [0, 0.05) is 0 Å². The number of rotatable bonds is 6. The second kappa shape index (κ2) is 8.63. The molecule has 0 spiro atoms. The van der Waals surface area contributed by atoms with Gasteiger partial charge in [-0.25, -0.2) is 0 Å². The first-order chi connectivity index (χ1) is 11.9. The molecule has 1 aromatic rings. The van der Waals surface area contributed by atoms with Crippen molar-refractivity contribution < 1.29 is 19.1 Å². The van der Waals surface area contributed by atoms with Crippen molar-refractivity contribution in [2.45, 2.75) is 26.4 Å². The van der Waals surface area contributed by atoms with Crippen LogP contribution in [0.2, 0.25) is 0 Å². The maximum atomic E-state index is 12.3. The highest BCUT2D eigenvalue weighted by molar-refractivity contribution is 14.1. The van der Waals surface area contributed by atoms with Crippen LogP contribution >= 0.6 is 34.4 Å². The molecule has 2 amide bonds. The Balaban J connectivity index is 2.35. The largest absolute Gasteiger partial charge is 0.493 e. The number of carbonyl (C=O) groups excluding carboxylic acids is 2. The van der Waals surface area contributed by atoms with Crippen LogP contribution in [0.1, 0.15) is 25.8 Å². The van der Waals surface area contributed by atoms with Crippen molar-refractivity contribution in [3.63, 3.8) is 0 Å². The third kappa shape index (κ3) is 4.50. The molecule has 0 aromatic heterocycles. The number of hydrogen-bond donors (Lipinski definition) is 0. The molecule has 25 heavy (non-hydrogen) atoms. The average Bonchev–Trinajstić information content (AvgIpc) is 2.84. The summed E-state index contributed by atoms with van der Waals surface area (Å²) in [6.45, 7) is 4.01. The summed E-state index contributed by atoms with van der Waals surface area (Å²) >= 11 is 3.05. The van der Waals surface area contributed by atoms with Crippen LogP contribution in [0.3, 0.4) is 0 Å². The fourth-order valence-corrected chi connectivity index (χ4v) is 3.69. The Morgan fingerprint density at radius 2 is 2.16 bits per heavy atom. The van der Waals surface area contributed by atoms with E-state index in [0.29, 0.717) is 16.4 Å². The first-order valence-electron chi connectivity index (χ1n) is 7.64. The molecule has 0 saturated carbocycles. The first-order valence-corrected chi connectivity index (χ1v) is 9.53. The van der Waals surface area contributed by atoms with Gasteiger partial charge in [-0.3, -0.25) is 14.5 Å². The second-order valence-corrected chi connectivity index (χ2v) is 7.50. The lowest BCUT2D eigenvalue weighted by molar-refractivity contribution is -0.122. The monoisotopic (exact) mass is 471 g/mol. The normalized spacial score (nSPS) is 16.9. The fourth-order valence-electron chi connectivity index (χ4n) is 2.10. The standard InChI is InChI=1S/C18H18INO4S/c1-5-7-20-17(21)15(25-18(20)22)10-12-8-13(19)16(14(9-12)23-4)24-11(3)6-2/h1,8-11H,6-7H2,2-4H3. The average molecular weight is 471 g/mol. The van der Waals surface area contributed by atoms with Gasteiger partial charge in [0.1, 0.15) is 0 Å². The van der Waals surface area contributed by atoms with E-state index in [1.165, 1.54) is 0 Å². The Kier molecular flexibility index (Phi) is 6.79. The molecule has 1 fully saturated rings. The van der Waals surface area contributed by atoms with E-state index in [9.17, 15) is 9.59 Å². The highest BCUT2D eigenvalue weighted by atomic mass is 127. The summed E-state index contributed by atoms with van der Waals surface area (Å²) in [6, 6.07) is 3.67. The van der Waals surface area contributed by atoms with E-state index >= 15 is 0 Å². The number of halogens is 1. The summed E-state index contributed by atoms with van der Waals surface area (Å²) in [4.78, 5) is 25.5. The zero-order chi connectivity index (χ0) is 18.6. The van der Waals surface area contributed by atoms with Gasteiger partial charge in [0.15, 0.2) is 11.5 Å². The minimum Gasteiger partial charge on any atom is -0.493 e. The molecule has 0 N–H and O–H groups in total. The lowest BCUT2D eigenvalue weighted by Crippen LogP contribution is -2.28. The van der Waals surface area contributed by atoms with Crippen molar-refractivity contribution in [3.8, 4) is 23.8 Å². The SMILES string of the molecule is C#CCN1C(=O)SC(=Cc2cc(I)c(OC(C)CC)c(OC)c2)C1=O. The van der Waals surface area contributed by atoms with Gasteiger partial charge in [0.05, 0.1) is 28.2 Å². The Labute approximate surface area is 165 Å². The molecular weight excluding hydrogens is 453 g/mol. The van der Waals surface area contributed by atoms with Crippen LogP contribution in [-0.2, 0) is 4.79 Å². The van der Waals surface area contributed by atoms with Gasteiger partial charge in [0.2, 0.25) is 0 Å². The summed E-state index contributed by atoms with van der Waals surface area (Å²) in [5.74, 6) is 3.21. The number of benzene rings is 1. The number of imide groups is 1. The number of methoxy groups -OCH3 is 1. The first kappa shape index (κ1) is 19.7. The molecule has 0 aliphatic carbocycles. The third-order valence-corrected chi connectivity index (χ3v) is 5.28. The maximum absolute atomic E-state index is 12.3. The molecule has 1 aliphatic rings. The molecule has 1 aliphatic heterocycles. The Morgan fingerprint density at radius 3 is 2.76 bits per heavy atom. The van der Waals surface area contributed by atoms with Crippen molar-refractivity contribution in [1.82, 2.24) is 4.90 Å². The van der Waals surface area contributed by atoms with Crippen molar-refractivity contribution in [2.75, 3.05) is 13.7 Å². The summed E-state index contributed by atoms with van der Waals surface area (Å²) < 4.78 is 12.2. The van der Waals surface area contributed by atoms with Crippen molar-refractivity contribution in [1.29, 1.82) is 0 Å². The van der Waals surface area contributed by atoms with E-state index in [2.05, 4.69) is 28.5 Å². The molecule has 1 aromatic carbocycles. The van der Waals surface area contributed by atoms with Gasteiger partial charge in [0.25, 0.3) is 11.1 Å². The molecule has 1 unspecified atom stereocenters. The third-order valence-electron chi connectivity index (χ3n) is 3.57. The lowest BCUT2D eigenvalue weighted by Gasteiger charge is -2.17. The van der Waals surface area contributed by atoms with Crippen molar-refractivity contribution >= 4 is 51.6 Å². The number of terminal acetylenes is 1. The van der Waals surface area contributed by atoms with Gasteiger partial charge in [-0.05, 0) is 71.5 Å². The molecule has 1 heterocycles. The minimum absolute atomic E-state index is 0.0233. The number of hydrogen-bond acceptors (Lipinski definition) is 5. The number of nitrogens with zero attached hydrogens (tertiary/aromatic N) is 1. The minimum atomic E-state index is -0.373. The molecule has 0 radical (unpaired) electrons. The van der Waals surface area contributed by atoms with E-state index in [1.807, 2.05) is 19.9 Å². The number of carbonyl (C=O) groups is 2. The molecular formula is C18H18INO4S. The molecule has 1 saturated heterocycles. The van der Waals surface area contributed by atoms with E-state index in [4.69, 9.17) is 15.9 Å². The van der Waals surface area contributed by atoms with Gasteiger partial charge in [-0.2, -0.15) is 0 Å². The van der Waals surface area contributed by atoms with Crippen LogP contribution in [0, 0.1) is 15.9 Å². The summed E-state index contributed by atoms with van der Waals surface area (Å²) in [5.41, 5.74) is 0.754. The fraction of sp³-hybridized carbons (Fsp3) is 0.333. The Hall–Kier alpha value is -1.66. The van der Waals surface area contributed by atoms with Crippen LogP contribution in [0.4, 0.5) is 4.79 Å². The Bertz CT molecular complexity index is 769. The maximum Gasteiger partial charge on any atom is 0.294 e. The summed E-state index contributed by atoms with van der Waals surface area (Å²) in [7, 11) is 1.57. The predicted octanol–water partition coefficient (Wildman–Crippen LogP) is 4.15. The molecule has 7 heteroatoms. The highest BCUT2D eigenvalue weighted by Crippen LogP contribution is 2.37. The van der Waals surface area contributed by atoms with Gasteiger partial charge >= 0.3 is 0 Å². The molecule has 5 nitrogen and oxygen atoms in total. The van der Waals surface area contributed by atoms with Gasteiger partial charge < -0.3 is 9.47 Å². The van der Waals surface area contributed by atoms with Crippen LogP contribution < -0.4 is 9.47 Å². The number of amides is 2. The van der Waals surface area contributed by atoms with Crippen LogP contribution in [0.15, 0.2) is 17.0 Å². The predicted molar refractivity (Wildman–Crippen MR) is 108 cm³/mol. The van der Waals surface area contributed by atoms with Gasteiger partial charge in [-0.15, -0.1) is 6.42 Å². The van der Waals surface area contributed by atoms with Gasteiger partial charge in [-0.1, -0.05) is 12.8 Å². The topological polar surface area (TPSA) is 55.8 Å². The smallest absolute Gasteiger partial charge is 0.294 e. The number of thioether (sulfide) groups is 1. The van der Waals surface area contributed by atoms with E-state index in [1.54, 1.807) is 19.3 Å². The summed E-state index contributed by atoms with van der Waals surface area (Å²) in [5, 5.41) is -0.354. The van der Waals surface area contributed by atoms with Crippen LogP contribution in [0.5, 0.6) is 11.5 Å². The van der Waals surface area contributed by atoms with Crippen LogP contribution in [-0.4, -0.2) is 35.8 Å². The molecule has 2 rings (SSSR count). The second-order valence-electron chi connectivity index (χ2n) is 5.34.